The van der Waals surface area contributed by atoms with Gasteiger partial charge in [-0.05, 0) is 69.8 Å². The predicted molar refractivity (Wildman–Crippen MR) is 86.5 cm³/mol. The molecule has 0 spiro atoms. The van der Waals surface area contributed by atoms with Crippen LogP contribution in [-0.2, 0) is 4.79 Å². The van der Waals surface area contributed by atoms with Gasteiger partial charge in [-0.3, -0.25) is 4.79 Å². The van der Waals surface area contributed by atoms with Gasteiger partial charge >= 0.3 is 0 Å². The average molecular weight is 292 g/mol. The van der Waals surface area contributed by atoms with Gasteiger partial charge < -0.3 is 15.8 Å². The van der Waals surface area contributed by atoms with Gasteiger partial charge in [-0.1, -0.05) is 13.0 Å². The Balaban J connectivity index is 2.35. The quantitative estimate of drug-likeness (QED) is 0.688. The second-order valence-corrected chi connectivity index (χ2v) is 5.86. The lowest BCUT2D eigenvalue weighted by Gasteiger charge is -2.26. The summed E-state index contributed by atoms with van der Waals surface area (Å²) in [6, 6.07) is 6.21. The molecule has 0 aliphatic rings. The summed E-state index contributed by atoms with van der Waals surface area (Å²) < 4.78 is 5.77. The SMILES string of the molecule is CCNC(C)(CCCCOc1cc(C)cc(C)c1)C(N)=O. The van der Waals surface area contributed by atoms with E-state index < -0.39 is 5.54 Å². The number of primary amides is 1. The number of benzene rings is 1. The molecule has 1 aromatic rings. The maximum atomic E-state index is 11.5. The minimum atomic E-state index is -0.616. The fourth-order valence-electron chi connectivity index (χ4n) is 2.48. The lowest BCUT2D eigenvalue weighted by Crippen LogP contribution is -2.53. The van der Waals surface area contributed by atoms with Crippen LogP contribution in [0.3, 0.4) is 0 Å². The normalized spacial score (nSPS) is 13.7. The lowest BCUT2D eigenvalue weighted by atomic mass is 9.94. The van der Waals surface area contributed by atoms with E-state index in [0.717, 1.165) is 31.6 Å². The minimum Gasteiger partial charge on any atom is -0.494 e. The largest absolute Gasteiger partial charge is 0.494 e. The Hall–Kier alpha value is -1.55. The van der Waals surface area contributed by atoms with Gasteiger partial charge in [0.25, 0.3) is 0 Å². The van der Waals surface area contributed by atoms with Gasteiger partial charge in [-0.2, -0.15) is 0 Å². The Labute approximate surface area is 128 Å². The van der Waals surface area contributed by atoms with E-state index >= 15 is 0 Å². The summed E-state index contributed by atoms with van der Waals surface area (Å²) in [4.78, 5) is 11.5. The highest BCUT2D eigenvalue weighted by atomic mass is 16.5. The molecule has 4 heteroatoms. The minimum absolute atomic E-state index is 0.292. The first-order valence-corrected chi connectivity index (χ1v) is 7.63. The smallest absolute Gasteiger partial charge is 0.237 e. The van der Waals surface area contributed by atoms with Crippen molar-refractivity contribution in [3.8, 4) is 5.75 Å². The highest BCUT2D eigenvalue weighted by Gasteiger charge is 2.28. The standard InChI is InChI=1S/C17H28N2O2/c1-5-19-17(4,16(18)20)8-6-7-9-21-15-11-13(2)10-14(3)12-15/h10-12,19H,5-9H2,1-4H3,(H2,18,20). The molecular weight excluding hydrogens is 264 g/mol. The summed E-state index contributed by atoms with van der Waals surface area (Å²) in [5.41, 5.74) is 7.26. The van der Waals surface area contributed by atoms with Crippen LogP contribution in [-0.4, -0.2) is 24.6 Å². The number of unbranched alkanes of at least 4 members (excludes halogenated alkanes) is 1. The first kappa shape index (κ1) is 17.5. The lowest BCUT2D eigenvalue weighted by molar-refractivity contribution is -0.124. The van der Waals surface area contributed by atoms with E-state index in [-0.39, 0.29) is 5.91 Å². The molecule has 1 rings (SSSR count). The van der Waals surface area contributed by atoms with E-state index in [2.05, 4.69) is 25.2 Å². The Kier molecular flexibility index (Phi) is 6.69. The van der Waals surface area contributed by atoms with Crippen LogP contribution < -0.4 is 15.8 Å². The number of hydrogen-bond donors (Lipinski definition) is 2. The number of ether oxygens (including phenoxy) is 1. The first-order chi connectivity index (χ1) is 9.87. The predicted octanol–water partition coefficient (Wildman–Crippen LogP) is 2.71. The van der Waals surface area contributed by atoms with Crippen molar-refractivity contribution >= 4 is 5.91 Å². The third-order valence-electron chi connectivity index (χ3n) is 3.65. The number of aryl methyl sites for hydroxylation is 2. The summed E-state index contributed by atoms with van der Waals surface area (Å²) in [7, 11) is 0. The summed E-state index contributed by atoms with van der Waals surface area (Å²) >= 11 is 0. The molecule has 0 aliphatic heterocycles. The van der Waals surface area contributed by atoms with Crippen LogP contribution in [0.15, 0.2) is 18.2 Å². The molecule has 0 bridgehead atoms. The zero-order valence-electron chi connectivity index (χ0n) is 13.7. The molecule has 0 fully saturated rings. The average Bonchev–Trinajstić information content (AvgIpc) is 2.37. The van der Waals surface area contributed by atoms with Crippen molar-refractivity contribution in [2.75, 3.05) is 13.2 Å². The third-order valence-corrected chi connectivity index (χ3v) is 3.65. The van der Waals surface area contributed by atoms with Crippen LogP contribution in [0.5, 0.6) is 5.75 Å². The Morgan fingerprint density at radius 3 is 2.38 bits per heavy atom. The number of nitrogens with one attached hydrogen (secondary N) is 1. The summed E-state index contributed by atoms with van der Waals surface area (Å²) in [6.45, 7) is 9.36. The fraction of sp³-hybridized carbons (Fsp3) is 0.588. The monoisotopic (exact) mass is 292 g/mol. The number of nitrogens with two attached hydrogens (primary N) is 1. The van der Waals surface area contributed by atoms with Crippen molar-refractivity contribution in [1.82, 2.24) is 5.32 Å². The number of carbonyl (C=O) groups excluding carboxylic acids is 1. The molecule has 0 heterocycles. The van der Waals surface area contributed by atoms with E-state index in [1.807, 2.05) is 26.0 Å². The third kappa shape index (κ3) is 5.76. The highest BCUT2D eigenvalue weighted by molar-refractivity contribution is 5.84. The number of likely N-dealkylation sites (N-methyl/N-ethyl adjacent to an activating group) is 1. The molecule has 1 unspecified atom stereocenters. The van der Waals surface area contributed by atoms with E-state index in [9.17, 15) is 4.79 Å². The van der Waals surface area contributed by atoms with E-state index in [0.29, 0.717) is 6.61 Å². The molecule has 1 aromatic carbocycles. The van der Waals surface area contributed by atoms with Crippen molar-refractivity contribution < 1.29 is 9.53 Å². The summed E-state index contributed by atoms with van der Waals surface area (Å²) in [6.07, 6.45) is 2.53. The second-order valence-electron chi connectivity index (χ2n) is 5.86. The van der Waals surface area contributed by atoms with E-state index in [1.54, 1.807) is 0 Å². The molecule has 0 aliphatic carbocycles. The van der Waals surface area contributed by atoms with Gasteiger partial charge in [-0.15, -0.1) is 0 Å². The number of amides is 1. The summed E-state index contributed by atoms with van der Waals surface area (Å²) in [5.74, 6) is 0.622. The molecule has 4 nitrogen and oxygen atoms in total. The van der Waals surface area contributed by atoms with Gasteiger partial charge in [0.05, 0.1) is 12.1 Å². The van der Waals surface area contributed by atoms with E-state index in [1.165, 1.54) is 11.1 Å². The zero-order chi connectivity index (χ0) is 15.9. The molecule has 0 saturated heterocycles. The van der Waals surface area contributed by atoms with Crippen LogP contribution in [0.1, 0.15) is 44.2 Å². The van der Waals surface area contributed by atoms with Crippen molar-refractivity contribution in [2.45, 2.75) is 52.5 Å². The second kappa shape index (κ2) is 8.03. The van der Waals surface area contributed by atoms with Gasteiger partial charge in [0, 0.05) is 0 Å². The molecule has 21 heavy (non-hydrogen) atoms. The van der Waals surface area contributed by atoms with Crippen LogP contribution in [0, 0.1) is 13.8 Å². The number of rotatable bonds is 9. The van der Waals surface area contributed by atoms with Gasteiger partial charge in [0.1, 0.15) is 5.75 Å². The number of hydrogen-bond acceptors (Lipinski definition) is 3. The van der Waals surface area contributed by atoms with Crippen molar-refractivity contribution in [1.29, 1.82) is 0 Å². The van der Waals surface area contributed by atoms with Gasteiger partial charge in [0.2, 0.25) is 5.91 Å². The van der Waals surface area contributed by atoms with E-state index in [4.69, 9.17) is 10.5 Å². The van der Waals surface area contributed by atoms with Crippen molar-refractivity contribution in [3.63, 3.8) is 0 Å². The Morgan fingerprint density at radius 1 is 1.24 bits per heavy atom. The Bertz CT molecular complexity index is 454. The topological polar surface area (TPSA) is 64.3 Å². The molecule has 3 N–H and O–H groups in total. The maximum Gasteiger partial charge on any atom is 0.237 e. The van der Waals surface area contributed by atoms with Crippen molar-refractivity contribution in [2.24, 2.45) is 5.73 Å². The molecule has 0 saturated carbocycles. The highest BCUT2D eigenvalue weighted by Crippen LogP contribution is 2.18. The number of carbonyl (C=O) groups is 1. The zero-order valence-corrected chi connectivity index (χ0v) is 13.7. The molecule has 1 atom stereocenters. The van der Waals surface area contributed by atoms with Crippen molar-refractivity contribution in [3.05, 3.63) is 29.3 Å². The molecule has 0 radical (unpaired) electrons. The van der Waals surface area contributed by atoms with Gasteiger partial charge in [-0.25, -0.2) is 0 Å². The summed E-state index contributed by atoms with van der Waals surface area (Å²) in [5, 5.41) is 3.17. The maximum absolute atomic E-state index is 11.5. The fourth-order valence-corrected chi connectivity index (χ4v) is 2.48. The van der Waals surface area contributed by atoms with Gasteiger partial charge in [0.15, 0.2) is 0 Å². The molecule has 1 amide bonds. The molecule has 0 aromatic heterocycles. The van der Waals surface area contributed by atoms with Crippen LogP contribution in [0.2, 0.25) is 0 Å². The first-order valence-electron chi connectivity index (χ1n) is 7.63. The van der Waals surface area contributed by atoms with Crippen LogP contribution in [0.4, 0.5) is 0 Å². The van der Waals surface area contributed by atoms with Crippen LogP contribution >= 0.6 is 0 Å². The Morgan fingerprint density at radius 2 is 1.86 bits per heavy atom. The molecule has 118 valence electrons. The molecular formula is C17H28N2O2. The van der Waals surface area contributed by atoms with Crippen LogP contribution in [0.25, 0.3) is 0 Å².